The van der Waals surface area contributed by atoms with Gasteiger partial charge in [-0.25, -0.2) is 4.31 Å². The SMILES string of the molecule is CC[C@@H](C(=O)NCC(C)C)N(Cc1ccc(Cl)c(Cl)c1)C(=O)CN(c1cc(C)ccc1C)S(=O)(=O)N(C)C. The van der Waals surface area contributed by atoms with Gasteiger partial charge < -0.3 is 10.2 Å². The predicted molar refractivity (Wildman–Crippen MR) is 155 cm³/mol. The molecular weight excluding hydrogens is 547 g/mol. The fraction of sp³-hybridized carbons (Fsp3) is 0.481. The number of aryl methyl sites for hydroxylation is 2. The summed E-state index contributed by atoms with van der Waals surface area (Å²) in [7, 11) is -1.21. The molecule has 1 atom stereocenters. The molecule has 0 saturated carbocycles. The van der Waals surface area contributed by atoms with Crippen LogP contribution in [0, 0.1) is 19.8 Å². The number of carbonyl (C=O) groups is 2. The van der Waals surface area contributed by atoms with Gasteiger partial charge in [0.05, 0.1) is 15.7 Å². The summed E-state index contributed by atoms with van der Waals surface area (Å²) in [5, 5.41) is 3.59. The molecule has 2 amide bonds. The standard InChI is InChI=1S/C27H38Cl2N4O4S/c1-8-24(27(35)30-15-18(2)3)32(16-21-11-12-22(28)23(29)14-21)26(34)17-33(38(36,37)31(6)7)25-13-19(4)9-10-20(25)5/h9-14,18,24H,8,15-17H2,1-7H3,(H,30,35)/t24-/m0/s1. The Kier molecular flexibility index (Phi) is 11.4. The molecule has 0 aliphatic carbocycles. The van der Waals surface area contributed by atoms with Crippen LogP contribution >= 0.6 is 23.2 Å². The zero-order chi connectivity index (χ0) is 28.8. The third-order valence-corrected chi connectivity index (χ3v) is 8.60. The van der Waals surface area contributed by atoms with E-state index < -0.39 is 28.7 Å². The number of anilines is 1. The highest BCUT2D eigenvalue weighted by molar-refractivity contribution is 7.90. The van der Waals surface area contributed by atoms with Gasteiger partial charge in [0, 0.05) is 27.2 Å². The Morgan fingerprint density at radius 2 is 1.66 bits per heavy atom. The highest BCUT2D eigenvalue weighted by Gasteiger charge is 2.34. The van der Waals surface area contributed by atoms with Crippen molar-refractivity contribution in [2.75, 3.05) is 31.5 Å². The van der Waals surface area contributed by atoms with E-state index in [-0.39, 0.29) is 18.4 Å². The van der Waals surface area contributed by atoms with Crippen LogP contribution in [0.1, 0.15) is 43.9 Å². The molecule has 0 bridgehead atoms. The van der Waals surface area contributed by atoms with E-state index in [4.69, 9.17) is 23.2 Å². The number of rotatable bonds is 12. The largest absolute Gasteiger partial charge is 0.354 e. The van der Waals surface area contributed by atoms with E-state index in [9.17, 15) is 18.0 Å². The van der Waals surface area contributed by atoms with E-state index in [1.54, 1.807) is 31.2 Å². The summed E-state index contributed by atoms with van der Waals surface area (Å²) in [5.41, 5.74) is 2.62. The lowest BCUT2D eigenvalue weighted by Crippen LogP contribution is -2.53. The second-order valence-electron chi connectivity index (χ2n) is 9.92. The van der Waals surface area contributed by atoms with Crippen LogP contribution in [-0.2, 0) is 26.3 Å². The molecule has 0 heterocycles. The highest BCUT2D eigenvalue weighted by Crippen LogP contribution is 2.27. The number of nitrogens with zero attached hydrogens (tertiary/aromatic N) is 3. The molecule has 210 valence electrons. The molecule has 2 rings (SSSR count). The van der Waals surface area contributed by atoms with Gasteiger partial charge in [0.25, 0.3) is 0 Å². The second-order valence-corrected chi connectivity index (χ2v) is 12.8. The first kappa shape index (κ1) is 31.9. The first-order chi connectivity index (χ1) is 17.7. The molecule has 11 heteroatoms. The van der Waals surface area contributed by atoms with Crippen molar-refractivity contribution in [2.45, 2.75) is 53.6 Å². The lowest BCUT2D eigenvalue weighted by Gasteiger charge is -2.34. The zero-order valence-electron chi connectivity index (χ0n) is 23.1. The fourth-order valence-corrected chi connectivity index (χ4v) is 5.30. The van der Waals surface area contributed by atoms with Gasteiger partial charge in [0.2, 0.25) is 11.8 Å². The van der Waals surface area contributed by atoms with E-state index >= 15 is 0 Å². The Morgan fingerprint density at radius 3 is 2.21 bits per heavy atom. The van der Waals surface area contributed by atoms with Crippen LogP contribution in [0.5, 0.6) is 0 Å². The van der Waals surface area contributed by atoms with Crippen LogP contribution in [0.3, 0.4) is 0 Å². The Bertz CT molecular complexity index is 1250. The number of nitrogens with one attached hydrogen (secondary N) is 1. The van der Waals surface area contributed by atoms with E-state index in [0.29, 0.717) is 39.8 Å². The summed E-state index contributed by atoms with van der Waals surface area (Å²) in [5.74, 6) is -0.599. The van der Waals surface area contributed by atoms with Crippen molar-refractivity contribution in [3.63, 3.8) is 0 Å². The van der Waals surface area contributed by atoms with Gasteiger partial charge in [0.1, 0.15) is 12.6 Å². The third kappa shape index (κ3) is 8.09. The summed E-state index contributed by atoms with van der Waals surface area (Å²) < 4.78 is 29.0. The van der Waals surface area contributed by atoms with Gasteiger partial charge in [-0.05, 0) is 61.1 Å². The number of benzene rings is 2. The number of hydrogen-bond donors (Lipinski definition) is 1. The Hall–Kier alpha value is -2.33. The van der Waals surface area contributed by atoms with E-state index in [2.05, 4.69) is 5.32 Å². The van der Waals surface area contributed by atoms with Crippen LogP contribution in [0.2, 0.25) is 10.0 Å². The Labute approximate surface area is 237 Å². The number of hydrogen-bond acceptors (Lipinski definition) is 4. The Balaban J connectivity index is 2.56. The maximum atomic E-state index is 14.0. The predicted octanol–water partition coefficient (Wildman–Crippen LogP) is 4.80. The summed E-state index contributed by atoms with van der Waals surface area (Å²) in [4.78, 5) is 28.6. The van der Waals surface area contributed by atoms with Gasteiger partial charge in [-0.1, -0.05) is 62.2 Å². The van der Waals surface area contributed by atoms with Gasteiger partial charge in [-0.15, -0.1) is 0 Å². The van der Waals surface area contributed by atoms with Crippen molar-refractivity contribution in [3.05, 3.63) is 63.1 Å². The minimum absolute atomic E-state index is 0.0476. The molecule has 8 nitrogen and oxygen atoms in total. The average molecular weight is 586 g/mol. The van der Waals surface area contributed by atoms with Gasteiger partial charge in [-0.2, -0.15) is 12.7 Å². The van der Waals surface area contributed by atoms with Gasteiger partial charge >= 0.3 is 10.2 Å². The van der Waals surface area contributed by atoms with E-state index in [1.807, 2.05) is 39.8 Å². The monoisotopic (exact) mass is 584 g/mol. The molecular formula is C27H38Cl2N4O4S. The maximum absolute atomic E-state index is 14.0. The van der Waals surface area contributed by atoms with Gasteiger partial charge in [0.15, 0.2) is 0 Å². The molecule has 0 radical (unpaired) electrons. The molecule has 1 N–H and O–H groups in total. The average Bonchev–Trinajstić information content (AvgIpc) is 2.84. The molecule has 0 aliphatic rings. The summed E-state index contributed by atoms with van der Waals surface area (Å²) in [6.45, 7) is 9.43. The Morgan fingerprint density at radius 1 is 1.00 bits per heavy atom. The quantitative estimate of drug-likeness (QED) is 0.388. The summed E-state index contributed by atoms with van der Waals surface area (Å²) >= 11 is 12.3. The van der Waals surface area contributed by atoms with E-state index in [0.717, 1.165) is 14.2 Å². The van der Waals surface area contributed by atoms with E-state index in [1.165, 1.54) is 19.0 Å². The first-order valence-corrected chi connectivity index (χ1v) is 14.6. The van der Waals surface area contributed by atoms with Crippen molar-refractivity contribution < 1.29 is 18.0 Å². The second kappa shape index (κ2) is 13.6. The number of carbonyl (C=O) groups excluding carboxylic acids is 2. The van der Waals surface area contributed by atoms with Crippen molar-refractivity contribution in [1.82, 2.24) is 14.5 Å². The van der Waals surface area contributed by atoms with Crippen LogP contribution in [0.25, 0.3) is 0 Å². The molecule has 0 unspecified atom stereocenters. The molecule has 2 aromatic carbocycles. The zero-order valence-corrected chi connectivity index (χ0v) is 25.4. The number of amides is 2. The molecule has 0 aliphatic heterocycles. The molecule has 0 spiro atoms. The lowest BCUT2D eigenvalue weighted by molar-refractivity contribution is -0.140. The first-order valence-electron chi connectivity index (χ1n) is 12.5. The van der Waals surface area contributed by atoms with Crippen LogP contribution < -0.4 is 9.62 Å². The normalized spacial score (nSPS) is 12.5. The number of halogens is 2. The maximum Gasteiger partial charge on any atom is 0.304 e. The van der Waals surface area contributed by atoms with Crippen molar-refractivity contribution >= 4 is 50.9 Å². The molecule has 0 fully saturated rings. The summed E-state index contributed by atoms with van der Waals surface area (Å²) in [6.07, 6.45) is 0.334. The molecule has 0 aromatic heterocycles. The smallest absolute Gasteiger partial charge is 0.304 e. The topological polar surface area (TPSA) is 90.0 Å². The third-order valence-electron chi connectivity index (χ3n) is 6.06. The van der Waals surface area contributed by atoms with Crippen LogP contribution in [-0.4, -0.2) is 62.7 Å². The minimum Gasteiger partial charge on any atom is -0.354 e. The van der Waals surface area contributed by atoms with Crippen molar-refractivity contribution in [3.8, 4) is 0 Å². The molecule has 2 aromatic rings. The fourth-order valence-electron chi connectivity index (χ4n) is 3.87. The van der Waals surface area contributed by atoms with Crippen molar-refractivity contribution in [1.29, 1.82) is 0 Å². The molecule has 38 heavy (non-hydrogen) atoms. The van der Waals surface area contributed by atoms with Crippen molar-refractivity contribution in [2.24, 2.45) is 5.92 Å². The minimum atomic E-state index is -4.04. The highest BCUT2D eigenvalue weighted by atomic mass is 35.5. The van der Waals surface area contributed by atoms with Crippen LogP contribution in [0.4, 0.5) is 5.69 Å². The lowest BCUT2D eigenvalue weighted by atomic mass is 10.1. The summed E-state index contributed by atoms with van der Waals surface area (Å²) in [6, 6.07) is 9.60. The van der Waals surface area contributed by atoms with Gasteiger partial charge in [-0.3, -0.25) is 9.59 Å². The van der Waals surface area contributed by atoms with Crippen LogP contribution in [0.15, 0.2) is 36.4 Å². The molecule has 0 saturated heterocycles.